The number of hydrazone groups is 1. The van der Waals surface area contributed by atoms with E-state index < -0.39 is 0 Å². The summed E-state index contributed by atoms with van der Waals surface area (Å²) in [6, 6.07) is 11.9. The smallest absolute Gasteiger partial charge is 0.261 e. The quantitative estimate of drug-likeness (QED) is 0.681. The van der Waals surface area contributed by atoms with Crippen molar-refractivity contribution in [3.63, 3.8) is 0 Å². The molecule has 0 aliphatic heterocycles. The molecule has 0 bridgehead atoms. The van der Waals surface area contributed by atoms with Gasteiger partial charge in [0.1, 0.15) is 6.54 Å². The van der Waals surface area contributed by atoms with Gasteiger partial charge in [-0.1, -0.05) is 36.4 Å². The van der Waals surface area contributed by atoms with Gasteiger partial charge in [0.15, 0.2) is 0 Å². The molecule has 1 amide bonds. The Morgan fingerprint density at radius 2 is 2.05 bits per heavy atom. The van der Waals surface area contributed by atoms with Gasteiger partial charge in [0, 0.05) is 5.69 Å². The van der Waals surface area contributed by atoms with Crippen LogP contribution in [0.1, 0.15) is 23.9 Å². The van der Waals surface area contributed by atoms with Crippen LogP contribution < -0.4 is 5.43 Å². The van der Waals surface area contributed by atoms with Crippen molar-refractivity contribution in [2.75, 3.05) is 0 Å². The van der Waals surface area contributed by atoms with Crippen molar-refractivity contribution in [1.82, 2.24) is 15.2 Å². The maximum atomic E-state index is 11.8. The molecule has 0 saturated heterocycles. The summed E-state index contributed by atoms with van der Waals surface area (Å²) < 4.78 is 1.66. The second-order valence-electron chi connectivity index (χ2n) is 5.18. The third kappa shape index (κ3) is 4.70. The lowest BCUT2D eigenvalue weighted by Crippen LogP contribution is -2.24. The SMILES string of the molecule is CC(/C=N\NC(=O)Cn1nc(C)cc1C)=C\c1ccccc1. The van der Waals surface area contributed by atoms with Gasteiger partial charge in [-0.2, -0.15) is 10.2 Å². The Morgan fingerprint density at radius 1 is 1.32 bits per heavy atom. The lowest BCUT2D eigenvalue weighted by Gasteiger charge is -2.02. The van der Waals surface area contributed by atoms with E-state index in [1.54, 1.807) is 10.9 Å². The summed E-state index contributed by atoms with van der Waals surface area (Å²) >= 11 is 0. The maximum absolute atomic E-state index is 11.8. The van der Waals surface area contributed by atoms with Gasteiger partial charge in [-0.15, -0.1) is 0 Å². The third-order valence-corrected chi connectivity index (χ3v) is 3.05. The molecule has 1 aromatic heterocycles. The number of hydrogen-bond acceptors (Lipinski definition) is 3. The molecule has 5 nitrogen and oxygen atoms in total. The number of carbonyl (C=O) groups excluding carboxylic acids is 1. The van der Waals surface area contributed by atoms with E-state index in [9.17, 15) is 4.79 Å². The van der Waals surface area contributed by atoms with Crippen molar-refractivity contribution in [2.45, 2.75) is 27.3 Å². The molecule has 0 aliphatic carbocycles. The number of hydrogen-bond donors (Lipinski definition) is 1. The largest absolute Gasteiger partial charge is 0.271 e. The average molecular weight is 296 g/mol. The average Bonchev–Trinajstić information content (AvgIpc) is 2.77. The molecule has 1 heterocycles. The lowest BCUT2D eigenvalue weighted by molar-refractivity contribution is -0.121. The van der Waals surface area contributed by atoms with Crippen LogP contribution in [0.25, 0.3) is 6.08 Å². The number of allylic oxidation sites excluding steroid dienone is 1. The summed E-state index contributed by atoms with van der Waals surface area (Å²) in [6.45, 7) is 5.92. The van der Waals surface area contributed by atoms with Gasteiger partial charge < -0.3 is 0 Å². The van der Waals surface area contributed by atoms with E-state index in [4.69, 9.17) is 0 Å². The summed E-state index contributed by atoms with van der Waals surface area (Å²) in [6.07, 6.45) is 3.63. The van der Waals surface area contributed by atoms with Crippen LogP contribution in [-0.2, 0) is 11.3 Å². The second kappa shape index (κ2) is 7.36. The Morgan fingerprint density at radius 3 is 2.68 bits per heavy atom. The van der Waals surface area contributed by atoms with Crippen LogP contribution in [-0.4, -0.2) is 21.9 Å². The fourth-order valence-electron chi connectivity index (χ4n) is 2.06. The zero-order chi connectivity index (χ0) is 15.9. The summed E-state index contributed by atoms with van der Waals surface area (Å²) in [5.74, 6) is -0.199. The van der Waals surface area contributed by atoms with Crippen molar-refractivity contribution in [3.8, 4) is 0 Å². The first-order valence-corrected chi connectivity index (χ1v) is 7.11. The number of nitrogens with zero attached hydrogens (tertiary/aromatic N) is 3. The Labute approximate surface area is 130 Å². The third-order valence-electron chi connectivity index (χ3n) is 3.05. The zero-order valence-corrected chi connectivity index (χ0v) is 13.1. The number of aryl methyl sites for hydroxylation is 2. The van der Waals surface area contributed by atoms with Gasteiger partial charge in [-0.05, 0) is 38.0 Å². The maximum Gasteiger partial charge on any atom is 0.261 e. The molecule has 0 aliphatic rings. The number of carbonyl (C=O) groups is 1. The Hall–Kier alpha value is -2.69. The summed E-state index contributed by atoms with van der Waals surface area (Å²) in [7, 11) is 0. The van der Waals surface area contributed by atoms with Crippen LogP contribution in [0.15, 0.2) is 47.1 Å². The minimum Gasteiger partial charge on any atom is -0.271 e. The minimum atomic E-state index is -0.199. The predicted molar refractivity (Wildman–Crippen MR) is 88.4 cm³/mol. The molecule has 0 fully saturated rings. The zero-order valence-electron chi connectivity index (χ0n) is 13.1. The lowest BCUT2D eigenvalue weighted by atomic mass is 10.1. The van der Waals surface area contributed by atoms with E-state index in [0.29, 0.717) is 0 Å². The number of aromatic nitrogens is 2. The van der Waals surface area contributed by atoms with Crippen molar-refractivity contribution in [3.05, 3.63) is 58.9 Å². The first-order valence-electron chi connectivity index (χ1n) is 7.11. The number of rotatable bonds is 5. The monoisotopic (exact) mass is 296 g/mol. The number of benzene rings is 1. The Kier molecular flexibility index (Phi) is 5.25. The molecule has 2 aromatic rings. The topological polar surface area (TPSA) is 59.3 Å². The standard InChI is InChI=1S/C17H20N4O/c1-13(9-16-7-5-4-6-8-16)11-18-19-17(22)12-21-15(3)10-14(2)20-21/h4-11H,12H2,1-3H3,(H,19,22)/b13-9+,18-11-. The van der Waals surface area contributed by atoms with Crippen molar-refractivity contribution >= 4 is 18.2 Å². The first kappa shape index (κ1) is 15.7. The minimum absolute atomic E-state index is 0.165. The van der Waals surface area contributed by atoms with Gasteiger partial charge in [0.2, 0.25) is 0 Å². The highest BCUT2D eigenvalue weighted by Crippen LogP contribution is 2.04. The molecule has 2 rings (SSSR count). The predicted octanol–water partition coefficient (Wildman–Crippen LogP) is 2.71. The molecule has 22 heavy (non-hydrogen) atoms. The van der Waals surface area contributed by atoms with Crippen LogP contribution in [0.3, 0.4) is 0 Å². The first-order chi connectivity index (χ1) is 10.5. The van der Waals surface area contributed by atoms with E-state index in [1.807, 2.05) is 63.2 Å². The number of nitrogens with one attached hydrogen (secondary N) is 1. The van der Waals surface area contributed by atoms with Crippen LogP contribution in [0.5, 0.6) is 0 Å². The van der Waals surface area contributed by atoms with Crippen LogP contribution >= 0.6 is 0 Å². The Bertz CT molecular complexity index is 699. The summed E-state index contributed by atoms with van der Waals surface area (Å²) in [4.78, 5) is 11.8. The van der Waals surface area contributed by atoms with Crippen LogP contribution in [0.4, 0.5) is 0 Å². The van der Waals surface area contributed by atoms with Crippen LogP contribution in [0, 0.1) is 13.8 Å². The highest BCUT2D eigenvalue weighted by atomic mass is 16.2. The van der Waals surface area contributed by atoms with Gasteiger partial charge in [-0.3, -0.25) is 9.48 Å². The highest BCUT2D eigenvalue weighted by Gasteiger charge is 2.05. The normalized spacial score (nSPS) is 11.9. The summed E-state index contributed by atoms with van der Waals surface area (Å²) in [5.41, 5.74) is 6.42. The van der Waals surface area contributed by atoms with Crippen molar-refractivity contribution in [1.29, 1.82) is 0 Å². The van der Waals surface area contributed by atoms with Crippen LogP contribution in [0.2, 0.25) is 0 Å². The molecule has 0 unspecified atom stereocenters. The van der Waals surface area contributed by atoms with E-state index in [1.165, 1.54) is 0 Å². The van der Waals surface area contributed by atoms with Gasteiger partial charge in [-0.25, -0.2) is 5.43 Å². The molecular formula is C17H20N4O. The fourth-order valence-corrected chi connectivity index (χ4v) is 2.06. The molecule has 1 aromatic carbocycles. The van der Waals surface area contributed by atoms with E-state index >= 15 is 0 Å². The molecule has 5 heteroatoms. The molecular weight excluding hydrogens is 276 g/mol. The molecule has 0 spiro atoms. The fraction of sp³-hybridized carbons (Fsp3) is 0.235. The second-order valence-corrected chi connectivity index (χ2v) is 5.18. The summed E-state index contributed by atoms with van der Waals surface area (Å²) in [5, 5.41) is 8.21. The molecule has 0 atom stereocenters. The Balaban J connectivity index is 1.88. The molecule has 1 N–H and O–H groups in total. The van der Waals surface area contributed by atoms with E-state index in [0.717, 1.165) is 22.5 Å². The number of amides is 1. The highest BCUT2D eigenvalue weighted by molar-refractivity contribution is 5.86. The van der Waals surface area contributed by atoms with E-state index in [-0.39, 0.29) is 12.5 Å². The molecule has 0 saturated carbocycles. The van der Waals surface area contributed by atoms with Crippen molar-refractivity contribution < 1.29 is 4.79 Å². The van der Waals surface area contributed by atoms with Gasteiger partial charge >= 0.3 is 0 Å². The van der Waals surface area contributed by atoms with E-state index in [2.05, 4.69) is 15.6 Å². The molecule has 0 radical (unpaired) electrons. The van der Waals surface area contributed by atoms with Gasteiger partial charge in [0.05, 0.1) is 11.9 Å². The molecule has 114 valence electrons. The van der Waals surface area contributed by atoms with Gasteiger partial charge in [0.25, 0.3) is 5.91 Å². The van der Waals surface area contributed by atoms with Crippen molar-refractivity contribution in [2.24, 2.45) is 5.10 Å².